The van der Waals surface area contributed by atoms with Crippen LogP contribution >= 0.6 is 0 Å². The third-order valence-corrected chi connectivity index (χ3v) is 2.18. The topological polar surface area (TPSA) is 44.4 Å². The lowest BCUT2D eigenvalue weighted by molar-refractivity contribution is 0.205. The number of hydrogen-bond donors (Lipinski definition) is 2. The summed E-state index contributed by atoms with van der Waals surface area (Å²) in [5, 5.41) is 6.20. The number of carbonyl (C=O) groups excluding carboxylic acids is 1. The van der Waals surface area contributed by atoms with Crippen molar-refractivity contribution in [3.05, 3.63) is 0 Å². The monoisotopic (exact) mass is 171 g/mol. The maximum Gasteiger partial charge on any atom is 0.317 e. The van der Waals surface area contributed by atoms with E-state index in [2.05, 4.69) is 17.6 Å². The van der Waals surface area contributed by atoms with Gasteiger partial charge >= 0.3 is 6.03 Å². The van der Waals surface area contributed by atoms with Crippen LogP contribution in [-0.2, 0) is 0 Å². The Labute approximate surface area is 73.3 Å². The summed E-state index contributed by atoms with van der Waals surface area (Å²) in [7, 11) is 3.50. The van der Waals surface area contributed by atoms with Crippen molar-refractivity contribution in [2.75, 3.05) is 27.2 Å². The average molecular weight is 171 g/mol. The number of hydrogen-bond acceptors (Lipinski definition) is 2. The highest BCUT2D eigenvalue weighted by Gasteiger charge is 2.30. The molecule has 1 atom stereocenters. The smallest absolute Gasteiger partial charge is 0.317 e. The van der Waals surface area contributed by atoms with Crippen LogP contribution < -0.4 is 10.6 Å². The van der Waals surface area contributed by atoms with E-state index in [1.54, 1.807) is 19.0 Å². The first kappa shape index (κ1) is 9.32. The zero-order valence-electron chi connectivity index (χ0n) is 7.98. The Hall–Kier alpha value is -0.770. The van der Waals surface area contributed by atoms with Crippen molar-refractivity contribution in [2.45, 2.75) is 18.9 Å². The van der Waals surface area contributed by atoms with Gasteiger partial charge in [0.25, 0.3) is 0 Å². The lowest BCUT2D eigenvalue weighted by Gasteiger charge is -2.26. The number of nitrogens with zero attached hydrogens (tertiary/aromatic N) is 1. The van der Waals surface area contributed by atoms with Gasteiger partial charge in [0, 0.05) is 20.6 Å². The molecule has 0 radical (unpaired) electrons. The Morgan fingerprint density at radius 3 is 2.67 bits per heavy atom. The van der Waals surface area contributed by atoms with Gasteiger partial charge in [-0.1, -0.05) is 0 Å². The molecular weight excluding hydrogens is 154 g/mol. The second-order valence-electron chi connectivity index (χ2n) is 3.81. The molecule has 0 aromatic heterocycles. The molecule has 0 aromatic rings. The molecule has 2 N–H and O–H groups in total. The van der Waals surface area contributed by atoms with E-state index in [0.29, 0.717) is 0 Å². The minimum atomic E-state index is -0.0542. The van der Waals surface area contributed by atoms with Gasteiger partial charge < -0.3 is 15.5 Å². The zero-order valence-corrected chi connectivity index (χ0v) is 7.98. The number of urea groups is 1. The summed E-state index contributed by atoms with van der Waals surface area (Å²) < 4.78 is 0. The van der Waals surface area contributed by atoms with Gasteiger partial charge in [-0.15, -0.1) is 0 Å². The van der Waals surface area contributed by atoms with E-state index >= 15 is 0 Å². The van der Waals surface area contributed by atoms with Crippen LogP contribution in [0.4, 0.5) is 4.79 Å². The first-order chi connectivity index (χ1) is 5.53. The minimum absolute atomic E-state index is 0.0128. The summed E-state index contributed by atoms with van der Waals surface area (Å²) in [5.74, 6) is 0. The fourth-order valence-corrected chi connectivity index (χ4v) is 1.29. The molecule has 1 saturated heterocycles. The molecule has 12 heavy (non-hydrogen) atoms. The van der Waals surface area contributed by atoms with Crippen LogP contribution in [0.1, 0.15) is 13.3 Å². The van der Waals surface area contributed by atoms with E-state index in [-0.39, 0.29) is 11.6 Å². The van der Waals surface area contributed by atoms with E-state index in [1.165, 1.54) is 0 Å². The van der Waals surface area contributed by atoms with Crippen molar-refractivity contribution >= 4 is 6.03 Å². The van der Waals surface area contributed by atoms with Crippen molar-refractivity contribution in [2.24, 2.45) is 0 Å². The fourth-order valence-electron chi connectivity index (χ4n) is 1.29. The van der Waals surface area contributed by atoms with Crippen molar-refractivity contribution in [1.29, 1.82) is 0 Å². The molecular formula is C8H17N3O. The Kier molecular flexibility index (Phi) is 2.57. The van der Waals surface area contributed by atoms with Crippen LogP contribution in [0.25, 0.3) is 0 Å². The van der Waals surface area contributed by atoms with E-state index in [1.807, 2.05) is 0 Å². The summed E-state index contributed by atoms with van der Waals surface area (Å²) in [5.41, 5.74) is -0.0542. The summed E-state index contributed by atoms with van der Waals surface area (Å²) >= 11 is 0. The average Bonchev–Trinajstić information content (AvgIpc) is 2.35. The van der Waals surface area contributed by atoms with Crippen LogP contribution in [0.2, 0.25) is 0 Å². The highest BCUT2D eigenvalue weighted by atomic mass is 16.2. The highest BCUT2D eigenvalue weighted by Crippen LogP contribution is 2.12. The van der Waals surface area contributed by atoms with Crippen molar-refractivity contribution < 1.29 is 4.79 Å². The van der Waals surface area contributed by atoms with Gasteiger partial charge in [0.2, 0.25) is 0 Å². The van der Waals surface area contributed by atoms with E-state index in [0.717, 1.165) is 19.5 Å². The SMILES string of the molecule is CN(C)C(=O)NC1(C)CCNC1. The Bertz CT molecular complexity index is 173. The molecule has 1 fully saturated rings. The highest BCUT2D eigenvalue weighted by molar-refractivity contribution is 5.74. The van der Waals surface area contributed by atoms with Gasteiger partial charge in [0.05, 0.1) is 5.54 Å². The molecule has 0 bridgehead atoms. The Morgan fingerprint density at radius 1 is 1.58 bits per heavy atom. The molecule has 4 nitrogen and oxygen atoms in total. The Balaban J connectivity index is 2.44. The summed E-state index contributed by atoms with van der Waals surface area (Å²) in [6, 6.07) is -0.0128. The maximum absolute atomic E-state index is 11.3. The third-order valence-electron chi connectivity index (χ3n) is 2.18. The van der Waals surface area contributed by atoms with Crippen LogP contribution in [0, 0.1) is 0 Å². The molecule has 0 aromatic carbocycles. The molecule has 1 heterocycles. The molecule has 1 rings (SSSR count). The van der Waals surface area contributed by atoms with Gasteiger partial charge in [0.15, 0.2) is 0 Å². The van der Waals surface area contributed by atoms with Gasteiger partial charge in [-0.25, -0.2) is 4.79 Å². The first-order valence-electron chi connectivity index (χ1n) is 4.24. The maximum atomic E-state index is 11.3. The molecule has 70 valence electrons. The van der Waals surface area contributed by atoms with Crippen LogP contribution in [0.3, 0.4) is 0 Å². The quantitative estimate of drug-likeness (QED) is 0.583. The Morgan fingerprint density at radius 2 is 2.25 bits per heavy atom. The number of amides is 2. The predicted octanol–water partition coefficient (Wildman–Crippen LogP) is 0.00960. The van der Waals surface area contributed by atoms with Gasteiger partial charge in [-0.05, 0) is 19.9 Å². The van der Waals surface area contributed by atoms with Crippen LogP contribution in [0.5, 0.6) is 0 Å². The summed E-state index contributed by atoms with van der Waals surface area (Å²) in [4.78, 5) is 12.9. The zero-order chi connectivity index (χ0) is 9.19. The summed E-state index contributed by atoms with van der Waals surface area (Å²) in [6.07, 6.45) is 1.01. The standard InChI is InChI=1S/C8H17N3O/c1-8(4-5-9-6-8)10-7(12)11(2)3/h9H,4-6H2,1-3H3,(H,10,12). The second-order valence-corrected chi connectivity index (χ2v) is 3.81. The fraction of sp³-hybridized carbons (Fsp3) is 0.875. The summed E-state index contributed by atoms with van der Waals surface area (Å²) in [6.45, 7) is 3.92. The lowest BCUT2D eigenvalue weighted by atomic mass is 10.0. The van der Waals surface area contributed by atoms with Crippen LogP contribution in [0.15, 0.2) is 0 Å². The minimum Gasteiger partial charge on any atom is -0.332 e. The first-order valence-corrected chi connectivity index (χ1v) is 4.24. The lowest BCUT2D eigenvalue weighted by Crippen LogP contribution is -2.51. The van der Waals surface area contributed by atoms with E-state index in [4.69, 9.17) is 0 Å². The third kappa shape index (κ3) is 2.11. The van der Waals surface area contributed by atoms with Gasteiger partial charge in [-0.3, -0.25) is 0 Å². The predicted molar refractivity (Wildman–Crippen MR) is 48.1 cm³/mol. The number of carbonyl (C=O) groups is 1. The van der Waals surface area contributed by atoms with Gasteiger partial charge in [-0.2, -0.15) is 0 Å². The number of rotatable bonds is 1. The number of nitrogens with one attached hydrogen (secondary N) is 2. The van der Waals surface area contributed by atoms with Crippen molar-refractivity contribution in [3.63, 3.8) is 0 Å². The molecule has 0 aliphatic carbocycles. The largest absolute Gasteiger partial charge is 0.332 e. The molecule has 4 heteroatoms. The molecule has 1 aliphatic heterocycles. The molecule has 0 spiro atoms. The van der Waals surface area contributed by atoms with E-state index < -0.39 is 0 Å². The molecule has 1 aliphatic rings. The van der Waals surface area contributed by atoms with Crippen molar-refractivity contribution in [1.82, 2.24) is 15.5 Å². The van der Waals surface area contributed by atoms with Gasteiger partial charge in [0.1, 0.15) is 0 Å². The van der Waals surface area contributed by atoms with E-state index in [9.17, 15) is 4.79 Å². The van der Waals surface area contributed by atoms with Crippen LogP contribution in [-0.4, -0.2) is 43.7 Å². The normalized spacial score (nSPS) is 28.6. The van der Waals surface area contributed by atoms with Crippen molar-refractivity contribution in [3.8, 4) is 0 Å². The molecule has 2 amide bonds. The molecule has 0 saturated carbocycles. The second kappa shape index (κ2) is 3.31. The molecule has 1 unspecified atom stereocenters.